The largest absolute Gasteiger partial charge is 0.397 e. The Morgan fingerprint density at radius 3 is 1.07 bits per heavy atom. The number of rotatable bonds is 6. The van der Waals surface area contributed by atoms with E-state index in [4.69, 9.17) is 176 Å². The first-order chi connectivity index (χ1) is 63.5. The summed E-state index contributed by atoms with van der Waals surface area (Å²) in [6, 6.07) is 4.63. The van der Waals surface area contributed by atoms with Crippen LogP contribution in [0.4, 0.5) is 43.7 Å². The summed E-state index contributed by atoms with van der Waals surface area (Å²) in [5.41, 5.74) is 35.7. The number of fused-ring (bicyclic) bond motifs is 15. The van der Waals surface area contributed by atoms with Gasteiger partial charge < -0.3 is 130 Å². The number of nitrogens with zero attached hydrogens (tertiary/aromatic N) is 18. The fourth-order valence-corrected chi connectivity index (χ4v) is 24.7. The highest BCUT2D eigenvalue weighted by Gasteiger charge is 2.58. The molecule has 57 nitrogen and oxygen atoms in total. The minimum Gasteiger partial charge on any atom is -0.397 e. The summed E-state index contributed by atoms with van der Waals surface area (Å²) in [6.45, 7) is -28.3. The standard InChI is InChI=1S/2C21H24FN9O10P2S2.C21H25N9O10P2S2/c2*22-10-14-9(39-19(10)30-5-26-11-7(23)1-2-25-16(11)30)4-37-43(35,45)41-15-13(32)8(3-36-42(34,44)40-14)38-20(15)31-6-27-12-17(31)28-21(24)29-18(12)33;22-9-1-2-24-16-12(9)25-6-29(16)20-14(31)15-11(38-20)5-36-41(33,43)39-10-3-8(4-35-42(34,44)40-15)37-19(10)30-7-26-13-17(30)27-21(23)28-18(13)32/h2*1-2,5-6,8-10,13-15,19-20,32H,3-4H2,(H2,23,25)(H,34,44)(H,35,45)(H3,24,28,29,33);1-2,6-8,10-11,14-15,19-20,31H,3-5H2,(H2,22,24)(H,33,43)(H,34,44)(H3,23,27,28,32)/t2*8-,9-,10+,13?,14?,15+,19-,20-,42?,43?;8-,10-,11+,14-,15?,19+,20+,41?,42?/m110/s1. The predicted octanol–water partition coefficient (Wildman–Crippen LogP) is -0.706. The van der Waals surface area contributed by atoms with Gasteiger partial charge in [0.1, 0.15) is 102 Å². The van der Waals surface area contributed by atoms with Crippen molar-refractivity contribution >= 4 is 214 Å². The molecule has 0 amide bonds. The Balaban J connectivity index is 0.000000129. The van der Waals surface area contributed by atoms with Crippen LogP contribution >= 0.6 is 52.6 Å². The van der Waals surface area contributed by atoms with Gasteiger partial charge >= 0.3 is 40.4 Å². The average molecular weight is 2100 g/mol. The maximum absolute atomic E-state index is 16.0. The zero-order chi connectivity index (χ0) is 94.6. The van der Waals surface area contributed by atoms with Crippen molar-refractivity contribution in [2.24, 2.45) is 0 Å². The lowest BCUT2D eigenvalue weighted by Gasteiger charge is -2.28. The van der Waals surface area contributed by atoms with Gasteiger partial charge in [-0.15, -0.1) is 0 Å². The number of nitrogens with two attached hydrogens (primary N) is 6. The van der Waals surface area contributed by atoms with Crippen molar-refractivity contribution in [2.75, 3.05) is 74.0 Å². The van der Waals surface area contributed by atoms with Crippen LogP contribution in [0.15, 0.2) is 89.1 Å². The Morgan fingerprint density at radius 1 is 0.358 bits per heavy atom. The molecule has 9 saturated heterocycles. The first-order valence-electron chi connectivity index (χ1n) is 39.1. The first-order valence-corrected chi connectivity index (χ1v) is 54.7. The number of hydrogen-bond acceptors (Lipinski definition) is 48. The second-order valence-electron chi connectivity index (χ2n) is 30.6. The number of hydrogen-bond donors (Lipinski definition) is 18. The summed E-state index contributed by atoms with van der Waals surface area (Å²) in [4.78, 5) is 149. The Morgan fingerprint density at radius 2 is 0.664 bits per heavy atom. The van der Waals surface area contributed by atoms with Crippen LogP contribution in [0, 0.1) is 0 Å². The summed E-state index contributed by atoms with van der Waals surface area (Å²) >= 11 is 30.2. The molecular formula is C63H73F2N27O30P6S6. The van der Waals surface area contributed by atoms with Gasteiger partial charge in [-0.3, -0.25) is 83.9 Å². The Hall–Kier alpha value is -7.64. The van der Waals surface area contributed by atoms with Crippen LogP contribution in [-0.4, -0.2) is 285 Å². The molecular weight excluding hydrogens is 2030 g/mol. The van der Waals surface area contributed by atoms with Crippen molar-refractivity contribution in [3.05, 3.63) is 106 Å². The third kappa shape index (κ3) is 18.7. The molecule has 12 aromatic heterocycles. The quantitative estimate of drug-likeness (QED) is 0.0722. The lowest BCUT2D eigenvalue weighted by molar-refractivity contribution is -0.0603. The smallest absolute Gasteiger partial charge is 0.386 e. The van der Waals surface area contributed by atoms with Crippen LogP contribution in [0.5, 0.6) is 0 Å². The summed E-state index contributed by atoms with van der Waals surface area (Å²) in [6.07, 6.45) is -19.6. The molecule has 29 atom stereocenters. The van der Waals surface area contributed by atoms with E-state index in [0.717, 1.165) is 0 Å². The Bertz CT molecular complexity index is 6830. The number of imidazole rings is 6. The van der Waals surface area contributed by atoms with E-state index in [9.17, 15) is 58.7 Å². The number of aromatic amines is 3. The zero-order valence-corrected chi connectivity index (χ0v) is 77.5. The van der Waals surface area contributed by atoms with Crippen molar-refractivity contribution in [3.8, 4) is 0 Å². The number of aromatic nitrogens is 21. The van der Waals surface area contributed by atoms with Crippen molar-refractivity contribution in [3.63, 3.8) is 0 Å². The first kappa shape index (κ1) is 95.3. The molecule has 720 valence electrons. The Kier molecular flexibility index (Phi) is 26.0. The van der Waals surface area contributed by atoms with Gasteiger partial charge in [-0.05, 0) is 77.2 Å². The van der Waals surface area contributed by atoms with E-state index >= 15 is 8.78 Å². The van der Waals surface area contributed by atoms with E-state index in [-0.39, 0.29) is 75.7 Å². The van der Waals surface area contributed by atoms with Crippen LogP contribution in [-0.2, 0) is 146 Å². The van der Waals surface area contributed by atoms with Gasteiger partial charge in [-0.25, -0.2) is 58.2 Å². The monoisotopic (exact) mass is 2100 g/mol. The third-order valence-electron chi connectivity index (χ3n) is 22.1. The van der Waals surface area contributed by atoms with Crippen LogP contribution in [0.25, 0.3) is 67.0 Å². The van der Waals surface area contributed by atoms with Crippen LogP contribution in [0.1, 0.15) is 43.8 Å². The molecule has 21 heterocycles. The van der Waals surface area contributed by atoms with E-state index < -0.39 is 231 Å². The maximum Gasteiger partial charge on any atom is 0.386 e. The Labute approximate surface area is 774 Å². The molecule has 0 aromatic carbocycles. The van der Waals surface area contributed by atoms with Crippen molar-refractivity contribution < 1.29 is 136 Å². The minimum atomic E-state index is -4.39. The molecule has 0 aliphatic carbocycles. The minimum absolute atomic E-state index is 0.00399. The fraction of sp³-hybridized carbons (Fsp3) is 0.476. The summed E-state index contributed by atoms with van der Waals surface area (Å²) < 4.78 is 157. The summed E-state index contributed by atoms with van der Waals surface area (Å²) in [5.74, 6) is -0.598. The lowest BCUT2D eigenvalue weighted by Crippen LogP contribution is -2.36. The van der Waals surface area contributed by atoms with E-state index in [2.05, 4.69) is 87.0 Å². The number of anilines is 6. The van der Waals surface area contributed by atoms with Crippen LogP contribution in [0.2, 0.25) is 0 Å². The number of ether oxygens (including phenoxy) is 6. The number of aliphatic hydroxyl groups is 3. The molecule has 0 radical (unpaired) electrons. The number of thiol groups is 1. The van der Waals surface area contributed by atoms with Gasteiger partial charge in [0.25, 0.3) is 16.7 Å². The number of aliphatic hydroxyl groups excluding tert-OH is 3. The number of H-pyrrole nitrogens is 3. The second-order valence-corrected chi connectivity index (χ2v) is 47.5. The number of nitrogen functional groups attached to an aromatic ring is 6. The zero-order valence-electron chi connectivity index (χ0n) is 67.2. The van der Waals surface area contributed by atoms with E-state index in [1.54, 1.807) is 6.07 Å². The van der Waals surface area contributed by atoms with Gasteiger partial charge in [0.15, 0.2) is 100 Å². The van der Waals surface area contributed by atoms with Gasteiger partial charge in [0.05, 0.1) is 101 Å². The topological polar surface area (TPSA) is 784 Å². The summed E-state index contributed by atoms with van der Waals surface area (Å²) in [7, 11) is 0. The maximum atomic E-state index is 16.0. The van der Waals surface area contributed by atoms with Crippen LogP contribution in [0.3, 0.4) is 0 Å². The highest BCUT2D eigenvalue weighted by Crippen LogP contribution is 2.61. The van der Waals surface area contributed by atoms with Gasteiger partial charge in [-0.2, -0.15) is 15.0 Å². The highest BCUT2D eigenvalue weighted by atomic mass is 32.7. The van der Waals surface area contributed by atoms with Gasteiger partial charge in [0, 0.05) is 25.0 Å². The van der Waals surface area contributed by atoms with Gasteiger partial charge in [-0.1, -0.05) is 12.2 Å². The molecule has 9 aliphatic rings. The molecule has 134 heavy (non-hydrogen) atoms. The molecule has 9 aliphatic heterocycles. The molecule has 12 aromatic rings. The van der Waals surface area contributed by atoms with Crippen molar-refractivity contribution in [2.45, 2.75) is 148 Å². The van der Waals surface area contributed by atoms with E-state index in [0.29, 0.717) is 39.3 Å². The molecule has 71 heteroatoms. The molecule has 9 fully saturated rings. The number of pyridine rings is 3. The van der Waals surface area contributed by atoms with E-state index in [1.807, 2.05) is 0 Å². The molecule has 0 spiro atoms. The lowest BCUT2D eigenvalue weighted by atomic mass is 10.1. The van der Waals surface area contributed by atoms with Crippen molar-refractivity contribution in [1.82, 2.24) is 102 Å². The normalized spacial score (nSPS) is 37.3. The third-order valence-corrected chi connectivity index (χ3v) is 31.5. The molecule has 23 N–H and O–H groups in total. The SMILES string of the molecule is Nc1nc2c(ncn2[C@@H]2O[C@@H]3COP(=O)(S)OC4[C@@H](COP(O)(=S)O[C@H]2C3O)O[C@@H](n2cnc3c(N)ccnc32)[C@H]4F)c(=O)[nH]1.Nc1nc2c(ncn2[C@@H]2O[C@@H]3COP(O)(=S)OC4[C@@H](COP(O)(=S)O[C@H]2C3)O[C@@H](n2cnc3c(N)ccnc32)[C@H]4O)c(=O)[nH]1.Nc1nc2c(ncn2[C@@H]2O[C@@H]3COP(O)(=S)OC4[C@@H](COP(O)(=S)O[C@H]2C3O)O[C@@H](n2cnc3c(N)ccnc32)[C@H]4F)c(=O)[nH]1. The van der Waals surface area contributed by atoms with Crippen molar-refractivity contribution in [1.29, 1.82) is 0 Å². The molecule has 6 bridgehead atoms. The molecule has 0 saturated carbocycles. The fourth-order valence-electron chi connectivity index (χ4n) is 16.1. The second kappa shape index (κ2) is 36.5. The molecule has 21 rings (SSSR count). The number of nitrogens with one attached hydrogen (secondary N) is 3. The van der Waals surface area contributed by atoms with Crippen LogP contribution < -0.4 is 51.1 Å². The number of halogens is 2. The van der Waals surface area contributed by atoms with E-state index in [1.165, 1.54) is 96.1 Å². The predicted molar refractivity (Wildman–Crippen MR) is 473 cm³/mol. The summed E-state index contributed by atoms with van der Waals surface area (Å²) in [5, 5.41) is 33.6. The highest BCUT2D eigenvalue weighted by molar-refractivity contribution is 8.44. The van der Waals surface area contributed by atoms with Gasteiger partial charge in [0.2, 0.25) is 17.8 Å². The number of alkyl halides is 2. The average Bonchev–Trinajstić information content (AvgIpc) is 1.62. The molecule has 11 unspecified atom stereocenters.